The molecule has 7 nitrogen and oxygen atoms in total. The molecule has 120 valence electrons. The summed E-state index contributed by atoms with van der Waals surface area (Å²) in [4.78, 5) is 28.4. The van der Waals surface area contributed by atoms with Gasteiger partial charge in [-0.3, -0.25) is 0 Å². The first-order chi connectivity index (χ1) is 12.3. The summed E-state index contributed by atoms with van der Waals surface area (Å²) in [5, 5.41) is 3.55. The first-order valence-corrected chi connectivity index (χ1v) is 9.32. The summed E-state index contributed by atoms with van der Waals surface area (Å²) in [7, 11) is 0. The summed E-state index contributed by atoms with van der Waals surface area (Å²) in [6, 6.07) is 7.78. The van der Waals surface area contributed by atoms with Crippen molar-refractivity contribution in [3.05, 3.63) is 45.7 Å². The molecule has 0 fully saturated rings. The number of fused-ring (bicyclic) bond motifs is 6. The van der Waals surface area contributed by atoms with Gasteiger partial charge in [-0.15, -0.1) is 0 Å². The highest BCUT2D eigenvalue weighted by Gasteiger charge is 2.29. The topological polar surface area (TPSA) is 83.4 Å². The second kappa shape index (κ2) is 5.07. The fourth-order valence-electron chi connectivity index (χ4n) is 2.99. The summed E-state index contributed by atoms with van der Waals surface area (Å²) in [5.74, 6) is 0. The number of aliphatic imine (C=N–C) groups is 2. The number of nitrogens with zero attached hydrogens (tertiary/aromatic N) is 6. The summed E-state index contributed by atoms with van der Waals surface area (Å²) < 4.78 is 6.08. The molecule has 0 aromatic heterocycles. The first-order valence-electron chi connectivity index (χ1n) is 7.56. The summed E-state index contributed by atoms with van der Waals surface area (Å²) in [6.07, 6.45) is 3.15. The van der Waals surface area contributed by atoms with Gasteiger partial charge in [0.25, 0.3) is 0 Å². The lowest BCUT2D eigenvalue weighted by molar-refractivity contribution is 0.101. The lowest BCUT2D eigenvalue weighted by atomic mass is 10.3. The molecule has 0 bridgehead atoms. The Morgan fingerprint density at radius 3 is 1.68 bits per heavy atom. The van der Waals surface area contributed by atoms with Crippen LogP contribution in [0.25, 0.3) is 0 Å². The van der Waals surface area contributed by atoms with Crippen molar-refractivity contribution in [1.29, 1.82) is 0 Å². The molecule has 0 spiro atoms. The third-order valence-corrected chi connectivity index (χ3v) is 6.22. The average molecular weight is 364 g/mol. The van der Waals surface area contributed by atoms with Gasteiger partial charge in [0, 0.05) is 0 Å². The number of hydrogen-bond donors (Lipinski definition) is 0. The van der Waals surface area contributed by atoms with Crippen molar-refractivity contribution in [1.82, 2.24) is 0 Å². The zero-order valence-electron chi connectivity index (χ0n) is 12.5. The molecule has 0 saturated heterocycles. The van der Waals surface area contributed by atoms with Gasteiger partial charge in [0.05, 0.1) is 31.2 Å². The molecule has 4 heterocycles. The maximum Gasteiger partial charge on any atom is 0.204 e. The number of rotatable bonds is 2. The van der Waals surface area contributed by atoms with Crippen molar-refractivity contribution >= 4 is 47.6 Å². The largest absolute Gasteiger partial charge is 0.312 e. The third kappa shape index (κ3) is 2.06. The van der Waals surface area contributed by atoms with Crippen molar-refractivity contribution in [2.24, 2.45) is 30.0 Å². The minimum atomic E-state index is -0.339. The molecule has 0 N–H and O–H groups in total. The quantitative estimate of drug-likeness (QED) is 0.797. The zero-order chi connectivity index (χ0) is 16.4. The van der Waals surface area contributed by atoms with Gasteiger partial charge in [-0.2, -0.15) is 0 Å². The molecule has 2 atom stereocenters. The zero-order valence-corrected chi connectivity index (χ0v) is 14.2. The van der Waals surface area contributed by atoms with E-state index in [1.165, 1.54) is 0 Å². The fourth-order valence-corrected chi connectivity index (χ4v) is 5.14. The van der Waals surface area contributed by atoms with Crippen LogP contribution in [-0.2, 0) is 4.74 Å². The van der Waals surface area contributed by atoms with Gasteiger partial charge in [0.1, 0.15) is 24.1 Å². The van der Waals surface area contributed by atoms with Gasteiger partial charge in [-0.05, 0) is 24.3 Å². The average Bonchev–Trinajstić information content (AvgIpc) is 3.37. The van der Waals surface area contributed by atoms with E-state index < -0.39 is 0 Å². The molecular formula is C16H8N6OS2. The van der Waals surface area contributed by atoms with Crippen LogP contribution in [0.4, 0.5) is 11.4 Å². The van der Waals surface area contributed by atoms with E-state index in [2.05, 4.69) is 30.0 Å². The maximum atomic E-state index is 6.08. The van der Waals surface area contributed by atoms with Crippen molar-refractivity contribution in [2.75, 3.05) is 0 Å². The van der Waals surface area contributed by atoms with Crippen molar-refractivity contribution in [2.45, 2.75) is 20.9 Å². The van der Waals surface area contributed by atoms with Crippen LogP contribution in [0, 0.1) is 0 Å². The Kier molecular flexibility index (Phi) is 2.81. The Balaban J connectivity index is 1.28. The van der Waals surface area contributed by atoms with E-state index >= 15 is 0 Å². The molecule has 2 aromatic carbocycles. The van der Waals surface area contributed by atoms with Crippen molar-refractivity contribution in [3.8, 4) is 0 Å². The highest BCUT2D eigenvalue weighted by molar-refractivity contribution is 8.00. The molecule has 9 heteroatoms. The van der Waals surface area contributed by atoms with E-state index in [9.17, 15) is 0 Å². The van der Waals surface area contributed by atoms with Gasteiger partial charge >= 0.3 is 0 Å². The number of ether oxygens (including phenoxy) is 1. The molecule has 0 amide bonds. The van der Waals surface area contributed by atoms with Gasteiger partial charge < -0.3 is 4.74 Å². The molecular weight excluding hydrogens is 356 g/mol. The van der Waals surface area contributed by atoms with Gasteiger partial charge in [0.15, 0.2) is 0 Å². The minimum Gasteiger partial charge on any atom is -0.312 e. The van der Waals surface area contributed by atoms with Crippen molar-refractivity contribution in [3.63, 3.8) is 0 Å². The number of benzene rings is 2. The summed E-state index contributed by atoms with van der Waals surface area (Å²) >= 11 is 3.10. The maximum absolute atomic E-state index is 6.08. The van der Waals surface area contributed by atoms with Gasteiger partial charge in [-0.25, -0.2) is 30.0 Å². The second-order valence-corrected chi connectivity index (χ2v) is 7.65. The van der Waals surface area contributed by atoms with E-state index in [-0.39, 0.29) is 11.1 Å². The standard InChI is InChI=1S/C16H8N6OS2/c1-3-9-13(11-7(1)17-5-19-11)24-15(21-9)23-16-22-10-4-2-8-12(14(10)25-16)20-6-18-8/h1-6,15-16H. The SMILES string of the molecule is C1=Nc2c3c(ccc2=N1)=NC(OC1N=c2ccc4c(c2S1)N=CN=4)S3. The third-order valence-electron chi connectivity index (χ3n) is 4.11. The molecule has 0 saturated carbocycles. The predicted molar refractivity (Wildman–Crippen MR) is 94.2 cm³/mol. The Morgan fingerprint density at radius 1 is 0.680 bits per heavy atom. The molecule has 4 aliphatic heterocycles. The van der Waals surface area contributed by atoms with Crippen LogP contribution in [-0.4, -0.2) is 23.8 Å². The summed E-state index contributed by atoms with van der Waals surface area (Å²) in [5.41, 5.74) is 1.08. The number of thioether (sulfide) groups is 2. The molecule has 0 aliphatic carbocycles. The highest BCUT2D eigenvalue weighted by Crippen LogP contribution is 2.38. The Hall–Kier alpha value is -2.36. The smallest absolute Gasteiger partial charge is 0.204 e. The van der Waals surface area contributed by atoms with E-state index in [1.807, 2.05) is 24.3 Å². The monoisotopic (exact) mass is 364 g/mol. The fraction of sp³-hybridized carbons (Fsp3) is 0.125. The van der Waals surface area contributed by atoms with Gasteiger partial charge in [-0.1, -0.05) is 23.5 Å². The first kappa shape index (κ1) is 13.9. The molecule has 0 radical (unpaired) electrons. The van der Waals surface area contributed by atoms with Crippen LogP contribution in [0.5, 0.6) is 0 Å². The Morgan fingerprint density at radius 2 is 1.16 bits per heavy atom. The molecule has 2 aromatic rings. The lowest BCUT2D eigenvalue weighted by Crippen LogP contribution is -2.11. The van der Waals surface area contributed by atoms with E-state index in [1.54, 1.807) is 36.2 Å². The molecule has 4 aliphatic rings. The highest BCUT2D eigenvalue weighted by atomic mass is 32.2. The van der Waals surface area contributed by atoms with Crippen LogP contribution >= 0.6 is 23.5 Å². The van der Waals surface area contributed by atoms with Crippen LogP contribution in [0.1, 0.15) is 0 Å². The van der Waals surface area contributed by atoms with E-state index in [4.69, 9.17) is 4.74 Å². The number of hydrogen-bond acceptors (Lipinski definition) is 9. The van der Waals surface area contributed by atoms with Crippen LogP contribution in [0.2, 0.25) is 0 Å². The van der Waals surface area contributed by atoms with Crippen LogP contribution < -0.4 is 21.4 Å². The normalized spacial score (nSPS) is 23.2. The van der Waals surface area contributed by atoms with E-state index in [0.29, 0.717) is 0 Å². The second-order valence-electron chi connectivity index (χ2n) is 5.55. The van der Waals surface area contributed by atoms with Crippen molar-refractivity contribution < 1.29 is 4.74 Å². The summed E-state index contributed by atoms with van der Waals surface area (Å²) in [6.45, 7) is 0. The molecule has 6 rings (SSSR count). The van der Waals surface area contributed by atoms with Crippen LogP contribution in [0.15, 0.2) is 64.0 Å². The van der Waals surface area contributed by atoms with Gasteiger partial charge in [0.2, 0.25) is 11.1 Å². The lowest BCUT2D eigenvalue weighted by Gasteiger charge is -2.12. The van der Waals surface area contributed by atoms with E-state index in [0.717, 1.165) is 42.6 Å². The Bertz CT molecular complexity index is 1160. The Labute approximate surface area is 149 Å². The molecule has 25 heavy (non-hydrogen) atoms. The minimum absolute atomic E-state index is 0.339. The molecule has 2 unspecified atom stereocenters. The van der Waals surface area contributed by atoms with Crippen LogP contribution in [0.3, 0.4) is 0 Å². The predicted octanol–water partition coefficient (Wildman–Crippen LogP) is 1.01.